The second-order valence-corrected chi connectivity index (χ2v) is 5.95. The Morgan fingerprint density at radius 2 is 1.88 bits per heavy atom. The van der Waals surface area contributed by atoms with Gasteiger partial charge < -0.3 is 10.1 Å². The molecule has 0 saturated carbocycles. The Hall–Kier alpha value is -3.01. The summed E-state index contributed by atoms with van der Waals surface area (Å²) in [6.45, 7) is 0. The van der Waals surface area contributed by atoms with E-state index in [1.165, 1.54) is 10.7 Å². The molecular formula is C16H13F2N5O2S. The molecule has 10 heteroatoms. The van der Waals surface area contributed by atoms with E-state index >= 15 is 0 Å². The normalized spacial score (nSPS) is 10.6. The predicted octanol–water partition coefficient (Wildman–Crippen LogP) is 2.68. The second-order valence-electron chi connectivity index (χ2n) is 5.00. The summed E-state index contributed by atoms with van der Waals surface area (Å²) in [5, 5.41) is 13.9. The number of thioether (sulfide) groups is 1. The number of carbonyl (C=O) groups is 1. The standard InChI is InChI=1S/C16H13F2N5O2S/c1-25-11-7-5-10(6-8-11)23-16(20-21-22-23)26-9-14(24)19-15-12(17)3-2-4-13(15)18/h2-8H,9H2,1H3,(H,19,24). The summed E-state index contributed by atoms with van der Waals surface area (Å²) in [7, 11) is 1.56. The Balaban J connectivity index is 1.67. The summed E-state index contributed by atoms with van der Waals surface area (Å²) in [4.78, 5) is 12.0. The molecule has 7 nitrogen and oxygen atoms in total. The lowest BCUT2D eigenvalue weighted by Crippen LogP contribution is -2.16. The third-order valence-electron chi connectivity index (χ3n) is 3.32. The van der Waals surface area contributed by atoms with Crippen molar-refractivity contribution in [2.45, 2.75) is 5.16 Å². The lowest BCUT2D eigenvalue weighted by atomic mass is 10.3. The minimum Gasteiger partial charge on any atom is -0.497 e. The van der Waals surface area contributed by atoms with Crippen LogP contribution in [0.4, 0.5) is 14.5 Å². The zero-order chi connectivity index (χ0) is 18.5. The zero-order valence-electron chi connectivity index (χ0n) is 13.5. The van der Waals surface area contributed by atoms with Gasteiger partial charge in [0.05, 0.1) is 18.6 Å². The van der Waals surface area contributed by atoms with Crippen molar-refractivity contribution in [3.63, 3.8) is 0 Å². The van der Waals surface area contributed by atoms with E-state index in [2.05, 4.69) is 20.8 Å². The number of nitrogens with one attached hydrogen (secondary N) is 1. The fourth-order valence-corrected chi connectivity index (χ4v) is 2.77. The van der Waals surface area contributed by atoms with Gasteiger partial charge in [0.2, 0.25) is 11.1 Å². The van der Waals surface area contributed by atoms with Crippen LogP contribution < -0.4 is 10.1 Å². The van der Waals surface area contributed by atoms with Gasteiger partial charge in [-0.3, -0.25) is 4.79 Å². The van der Waals surface area contributed by atoms with Crippen LogP contribution in [0, 0.1) is 11.6 Å². The number of carbonyl (C=O) groups excluding carboxylic acids is 1. The number of hydrogen-bond donors (Lipinski definition) is 1. The van der Waals surface area contributed by atoms with Crippen LogP contribution in [0.25, 0.3) is 5.69 Å². The number of rotatable bonds is 6. The van der Waals surface area contributed by atoms with Crippen LogP contribution in [-0.4, -0.2) is 39.0 Å². The average molecular weight is 377 g/mol. The fraction of sp³-hybridized carbons (Fsp3) is 0.125. The van der Waals surface area contributed by atoms with Crippen molar-refractivity contribution in [2.75, 3.05) is 18.2 Å². The average Bonchev–Trinajstić information content (AvgIpc) is 3.12. The molecule has 134 valence electrons. The van der Waals surface area contributed by atoms with E-state index in [1.807, 2.05) is 0 Å². The summed E-state index contributed by atoms with van der Waals surface area (Å²) in [5.41, 5.74) is 0.201. The van der Waals surface area contributed by atoms with E-state index in [0.717, 1.165) is 23.9 Å². The Bertz CT molecular complexity index is 897. The first kappa shape index (κ1) is 17.8. The molecule has 0 saturated heterocycles. The maximum absolute atomic E-state index is 13.6. The molecule has 2 aromatic carbocycles. The highest BCUT2D eigenvalue weighted by molar-refractivity contribution is 7.99. The monoisotopic (exact) mass is 377 g/mol. The van der Waals surface area contributed by atoms with Crippen LogP contribution in [0.2, 0.25) is 0 Å². The first-order chi connectivity index (χ1) is 12.6. The minimum absolute atomic E-state index is 0.121. The molecule has 0 bridgehead atoms. The van der Waals surface area contributed by atoms with E-state index in [4.69, 9.17) is 4.74 Å². The van der Waals surface area contributed by atoms with Gasteiger partial charge in [0.15, 0.2) is 0 Å². The van der Waals surface area contributed by atoms with Gasteiger partial charge in [-0.05, 0) is 46.8 Å². The quantitative estimate of drug-likeness (QED) is 0.665. The molecule has 26 heavy (non-hydrogen) atoms. The van der Waals surface area contributed by atoms with Gasteiger partial charge in [-0.1, -0.05) is 17.8 Å². The van der Waals surface area contributed by atoms with Crippen molar-refractivity contribution in [2.24, 2.45) is 0 Å². The van der Waals surface area contributed by atoms with E-state index in [-0.39, 0.29) is 5.75 Å². The van der Waals surface area contributed by atoms with Crippen LogP contribution in [0.1, 0.15) is 0 Å². The Morgan fingerprint density at radius 3 is 2.54 bits per heavy atom. The third-order valence-corrected chi connectivity index (χ3v) is 4.24. The topological polar surface area (TPSA) is 81.9 Å². The van der Waals surface area contributed by atoms with Crippen molar-refractivity contribution < 1.29 is 18.3 Å². The largest absolute Gasteiger partial charge is 0.497 e. The summed E-state index contributed by atoms with van der Waals surface area (Å²) in [5.74, 6) is -1.70. The van der Waals surface area contributed by atoms with E-state index in [9.17, 15) is 13.6 Å². The predicted molar refractivity (Wildman–Crippen MR) is 91.4 cm³/mol. The van der Waals surface area contributed by atoms with Gasteiger partial charge in [-0.15, -0.1) is 5.10 Å². The van der Waals surface area contributed by atoms with Crippen molar-refractivity contribution in [3.05, 3.63) is 54.1 Å². The molecule has 1 amide bonds. The molecule has 0 unspecified atom stereocenters. The number of ether oxygens (including phenoxy) is 1. The number of amides is 1. The summed E-state index contributed by atoms with van der Waals surface area (Å²) >= 11 is 1.04. The van der Waals surface area contributed by atoms with Crippen LogP contribution in [0.3, 0.4) is 0 Å². The molecule has 1 aromatic heterocycles. The first-order valence-electron chi connectivity index (χ1n) is 7.38. The Kier molecular flexibility index (Phi) is 5.42. The summed E-state index contributed by atoms with van der Waals surface area (Å²) in [6.07, 6.45) is 0. The number of halogens is 2. The van der Waals surface area contributed by atoms with Gasteiger partial charge in [-0.25, -0.2) is 8.78 Å². The van der Waals surface area contributed by atoms with Gasteiger partial charge >= 0.3 is 0 Å². The van der Waals surface area contributed by atoms with Gasteiger partial charge in [0.1, 0.15) is 23.1 Å². The number of benzene rings is 2. The molecule has 1 heterocycles. The maximum atomic E-state index is 13.6. The molecule has 0 fully saturated rings. The molecule has 0 aliphatic heterocycles. The lowest BCUT2D eigenvalue weighted by molar-refractivity contribution is -0.113. The Labute approximate surface area is 151 Å². The number of methoxy groups -OCH3 is 1. The lowest BCUT2D eigenvalue weighted by Gasteiger charge is -2.08. The molecule has 3 rings (SSSR count). The van der Waals surface area contributed by atoms with Crippen LogP contribution in [0.5, 0.6) is 5.75 Å². The summed E-state index contributed by atoms with van der Waals surface area (Å²) in [6, 6.07) is 10.4. The first-order valence-corrected chi connectivity index (χ1v) is 8.36. The van der Waals surface area contributed by atoms with Crippen LogP contribution in [0.15, 0.2) is 47.6 Å². The molecular weight excluding hydrogens is 364 g/mol. The Morgan fingerprint density at radius 1 is 1.19 bits per heavy atom. The molecule has 0 aliphatic carbocycles. The minimum atomic E-state index is -0.841. The van der Waals surface area contributed by atoms with Crippen molar-refractivity contribution in [1.29, 1.82) is 0 Å². The van der Waals surface area contributed by atoms with Crippen LogP contribution >= 0.6 is 11.8 Å². The van der Waals surface area contributed by atoms with Crippen molar-refractivity contribution >= 4 is 23.4 Å². The van der Waals surface area contributed by atoms with Crippen LogP contribution in [-0.2, 0) is 4.79 Å². The molecule has 3 aromatic rings. The highest BCUT2D eigenvalue weighted by atomic mass is 32.2. The highest BCUT2D eigenvalue weighted by Crippen LogP contribution is 2.22. The number of para-hydroxylation sites is 1. The highest BCUT2D eigenvalue weighted by Gasteiger charge is 2.15. The fourth-order valence-electron chi connectivity index (χ4n) is 2.08. The molecule has 1 N–H and O–H groups in total. The summed E-state index contributed by atoms with van der Waals surface area (Å²) < 4.78 is 33.7. The number of anilines is 1. The molecule has 0 radical (unpaired) electrons. The van der Waals surface area contributed by atoms with E-state index in [0.29, 0.717) is 16.6 Å². The SMILES string of the molecule is COc1ccc(-n2nnnc2SCC(=O)Nc2c(F)cccc2F)cc1. The van der Waals surface area contributed by atoms with Gasteiger partial charge in [0, 0.05) is 0 Å². The zero-order valence-corrected chi connectivity index (χ0v) is 14.3. The van der Waals surface area contributed by atoms with Gasteiger partial charge in [-0.2, -0.15) is 4.68 Å². The molecule has 0 spiro atoms. The van der Waals surface area contributed by atoms with E-state index in [1.54, 1.807) is 31.4 Å². The molecule has 0 atom stereocenters. The number of tetrazole rings is 1. The molecule has 0 aliphatic rings. The number of aromatic nitrogens is 4. The number of hydrogen-bond acceptors (Lipinski definition) is 6. The smallest absolute Gasteiger partial charge is 0.235 e. The maximum Gasteiger partial charge on any atom is 0.235 e. The van der Waals surface area contributed by atoms with Crippen molar-refractivity contribution in [1.82, 2.24) is 20.2 Å². The van der Waals surface area contributed by atoms with Gasteiger partial charge in [0.25, 0.3) is 0 Å². The number of nitrogens with zero attached hydrogens (tertiary/aromatic N) is 4. The second kappa shape index (κ2) is 7.91. The van der Waals surface area contributed by atoms with E-state index < -0.39 is 23.2 Å². The van der Waals surface area contributed by atoms with Crippen molar-refractivity contribution in [3.8, 4) is 11.4 Å². The third kappa shape index (κ3) is 3.97.